The van der Waals surface area contributed by atoms with Gasteiger partial charge in [-0.25, -0.2) is 4.98 Å². The summed E-state index contributed by atoms with van der Waals surface area (Å²) in [5.74, 6) is 0.364. The van der Waals surface area contributed by atoms with Crippen LogP contribution in [0.5, 0.6) is 0 Å². The smallest absolute Gasteiger partial charge is 0.254 e. The SMILES string of the molecule is NC(=O)c1cnc(Nc2ccc(N3CCC(O)CC3)cc2)nc1NC1CCC1. The predicted octanol–water partition coefficient (Wildman–Crippen LogP) is 2.24. The molecule has 0 radical (unpaired) electrons. The fourth-order valence-corrected chi connectivity index (χ4v) is 3.49. The number of carbonyl (C=O) groups is 1. The minimum Gasteiger partial charge on any atom is -0.393 e. The molecule has 1 aromatic carbocycles. The van der Waals surface area contributed by atoms with Crippen molar-refractivity contribution in [1.82, 2.24) is 9.97 Å². The lowest BCUT2D eigenvalue weighted by atomic mass is 9.93. The summed E-state index contributed by atoms with van der Waals surface area (Å²) in [6.07, 6.45) is 6.21. The van der Waals surface area contributed by atoms with Gasteiger partial charge in [-0.15, -0.1) is 0 Å². The third kappa shape index (κ3) is 4.17. The Hall–Kier alpha value is -2.87. The summed E-state index contributed by atoms with van der Waals surface area (Å²) in [6.45, 7) is 1.73. The molecule has 1 aromatic heterocycles. The number of aliphatic hydroxyl groups excluding tert-OH is 1. The van der Waals surface area contributed by atoms with E-state index in [0.717, 1.165) is 50.1 Å². The summed E-state index contributed by atoms with van der Waals surface area (Å²) in [5.41, 5.74) is 7.75. The number of amides is 1. The van der Waals surface area contributed by atoms with Gasteiger partial charge in [-0.05, 0) is 56.4 Å². The van der Waals surface area contributed by atoms with Crippen LogP contribution in [-0.4, -0.2) is 46.2 Å². The number of primary amides is 1. The van der Waals surface area contributed by atoms with Crippen molar-refractivity contribution >= 4 is 29.0 Å². The summed E-state index contributed by atoms with van der Waals surface area (Å²) in [5, 5.41) is 16.1. The number of hydrogen-bond acceptors (Lipinski definition) is 7. The van der Waals surface area contributed by atoms with Gasteiger partial charge >= 0.3 is 0 Å². The standard InChI is InChI=1S/C20H26N6O2/c21-18(28)17-12-22-20(25-19(17)23-13-2-1-3-13)24-14-4-6-15(7-5-14)26-10-8-16(27)9-11-26/h4-7,12-13,16,27H,1-3,8-11H2,(H2,21,28)(H2,22,23,24,25). The first-order valence-corrected chi connectivity index (χ1v) is 9.82. The average molecular weight is 382 g/mol. The van der Waals surface area contributed by atoms with Crippen molar-refractivity contribution in [3.8, 4) is 0 Å². The molecule has 0 bridgehead atoms. The minimum absolute atomic E-state index is 0.180. The molecular formula is C20H26N6O2. The summed E-state index contributed by atoms with van der Waals surface area (Å²) in [7, 11) is 0. The number of piperidine rings is 1. The Morgan fingerprint density at radius 3 is 2.46 bits per heavy atom. The van der Waals surface area contributed by atoms with Crippen molar-refractivity contribution in [1.29, 1.82) is 0 Å². The molecule has 1 saturated carbocycles. The van der Waals surface area contributed by atoms with E-state index in [1.165, 1.54) is 12.6 Å². The fourth-order valence-electron chi connectivity index (χ4n) is 3.49. The molecule has 2 aliphatic rings. The maximum atomic E-state index is 11.6. The molecule has 2 aromatic rings. The summed E-state index contributed by atoms with van der Waals surface area (Å²) >= 11 is 0. The largest absolute Gasteiger partial charge is 0.393 e. The molecule has 2 fully saturated rings. The second-order valence-corrected chi connectivity index (χ2v) is 7.48. The number of nitrogens with zero attached hydrogens (tertiary/aromatic N) is 3. The molecule has 2 heterocycles. The lowest BCUT2D eigenvalue weighted by Gasteiger charge is -2.31. The predicted molar refractivity (Wildman–Crippen MR) is 109 cm³/mol. The molecule has 0 spiro atoms. The number of anilines is 4. The van der Waals surface area contributed by atoms with Crippen LogP contribution < -0.4 is 21.3 Å². The molecule has 1 aliphatic heterocycles. The van der Waals surface area contributed by atoms with Crippen LogP contribution in [0.25, 0.3) is 0 Å². The Morgan fingerprint density at radius 1 is 1.14 bits per heavy atom. The lowest BCUT2D eigenvalue weighted by molar-refractivity contribution is 0.100. The molecule has 4 rings (SSSR count). The molecule has 0 unspecified atom stereocenters. The average Bonchev–Trinajstić information content (AvgIpc) is 2.66. The highest BCUT2D eigenvalue weighted by atomic mass is 16.3. The Labute approximate surface area is 164 Å². The zero-order chi connectivity index (χ0) is 19.5. The van der Waals surface area contributed by atoms with Crippen molar-refractivity contribution in [2.45, 2.75) is 44.2 Å². The number of aliphatic hydroxyl groups is 1. The number of nitrogens with two attached hydrogens (primary N) is 1. The monoisotopic (exact) mass is 382 g/mol. The van der Waals surface area contributed by atoms with E-state index in [1.54, 1.807) is 0 Å². The van der Waals surface area contributed by atoms with Gasteiger partial charge in [0.25, 0.3) is 5.91 Å². The van der Waals surface area contributed by atoms with Crippen LogP contribution in [0.1, 0.15) is 42.5 Å². The zero-order valence-corrected chi connectivity index (χ0v) is 15.8. The zero-order valence-electron chi connectivity index (χ0n) is 15.8. The molecule has 8 nitrogen and oxygen atoms in total. The summed E-state index contributed by atoms with van der Waals surface area (Å²) in [4.78, 5) is 22.6. The topological polar surface area (TPSA) is 116 Å². The number of nitrogens with one attached hydrogen (secondary N) is 2. The van der Waals surface area contributed by atoms with Crippen molar-refractivity contribution < 1.29 is 9.90 Å². The number of benzene rings is 1. The summed E-state index contributed by atoms with van der Waals surface area (Å²) < 4.78 is 0. The second kappa shape index (κ2) is 8.02. The van der Waals surface area contributed by atoms with E-state index in [2.05, 4.69) is 25.5 Å². The van der Waals surface area contributed by atoms with Crippen LogP contribution in [0.4, 0.5) is 23.1 Å². The van der Waals surface area contributed by atoms with Crippen LogP contribution in [0, 0.1) is 0 Å². The van der Waals surface area contributed by atoms with Crippen LogP contribution in [0.15, 0.2) is 30.5 Å². The molecule has 1 saturated heterocycles. The van der Waals surface area contributed by atoms with Crippen LogP contribution in [0.2, 0.25) is 0 Å². The van der Waals surface area contributed by atoms with E-state index in [4.69, 9.17) is 5.73 Å². The molecule has 1 aliphatic carbocycles. The van der Waals surface area contributed by atoms with E-state index in [1.807, 2.05) is 24.3 Å². The van der Waals surface area contributed by atoms with Gasteiger partial charge in [0.05, 0.1) is 11.7 Å². The quantitative estimate of drug-likeness (QED) is 0.605. The van der Waals surface area contributed by atoms with Crippen LogP contribution in [0.3, 0.4) is 0 Å². The van der Waals surface area contributed by atoms with Gasteiger partial charge < -0.3 is 26.4 Å². The first kappa shape index (κ1) is 18.5. The molecule has 0 atom stereocenters. The van der Waals surface area contributed by atoms with Gasteiger partial charge in [0.15, 0.2) is 0 Å². The molecule has 148 valence electrons. The van der Waals surface area contributed by atoms with Crippen molar-refractivity contribution in [2.24, 2.45) is 5.73 Å². The first-order chi connectivity index (χ1) is 13.6. The Kier molecular flexibility index (Phi) is 5.29. The Morgan fingerprint density at radius 2 is 1.86 bits per heavy atom. The molecule has 8 heteroatoms. The van der Waals surface area contributed by atoms with E-state index < -0.39 is 5.91 Å². The second-order valence-electron chi connectivity index (χ2n) is 7.48. The van der Waals surface area contributed by atoms with Gasteiger partial charge in [-0.2, -0.15) is 4.98 Å². The normalized spacial score (nSPS) is 17.8. The van der Waals surface area contributed by atoms with Crippen LogP contribution in [-0.2, 0) is 0 Å². The van der Waals surface area contributed by atoms with E-state index in [9.17, 15) is 9.90 Å². The van der Waals surface area contributed by atoms with E-state index in [0.29, 0.717) is 23.4 Å². The molecule has 1 amide bonds. The molecule has 5 N–H and O–H groups in total. The third-order valence-electron chi connectivity index (χ3n) is 5.45. The highest BCUT2D eigenvalue weighted by molar-refractivity contribution is 5.97. The van der Waals surface area contributed by atoms with Crippen molar-refractivity contribution in [3.05, 3.63) is 36.0 Å². The first-order valence-electron chi connectivity index (χ1n) is 9.82. The highest BCUT2D eigenvalue weighted by Gasteiger charge is 2.21. The Balaban J connectivity index is 1.46. The van der Waals surface area contributed by atoms with Gasteiger partial charge in [0.1, 0.15) is 5.82 Å². The number of rotatable bonds is 6. The lowest BCUT2D eigenvalue weighted by Crippen LogP contribution is -2.35. The van der Waals surface area contributed by atoms with Crippen LogP contribution >= 0.6 is 0 Å². The third-order valence-corrected chi connectivity index (χ3v) is 5.45. The maximum absolute atomic E-state index is 11.6. The van der Waals surface area contributed by atoms with E-state index >= 15 is 0 Å². The van der Waals surface area contributed by atoms with Gasteiger partial charge in [-0.3, -0.25) is 4.79 Å². The summed E-state index contributed by atoms with van der Waals surface area (Å²) in [6, 6.07) is 8.38. The fraction of sp³-hybridized carbons (Fsp3) is 0.450. The van der Waals surface area contributed by atoms with Gasteiger partial charge in [0, 0.05) is 36.7 Å². The molecular weight excluding hydrogens is 356 g/mol. The van der Waals surface area contributed by atoms with Gasteiger partial charge in [-0.1, -0.05) is 0 Å². The van der Waals surface area contributed by atoms with E-state index in [-0.39, 0.29) is 6.10 Å². The Bertz CT molecular complexity index is 829. The van der Waals surface area contributed by atoms with Crippen molar-refractivity contribution in [3.63, 3.8) is 0 Å². The maximum Gasteiger partial charge on any atom is 0.254 e. The number of aromatic nitrogens is 2. The highest BCUT2D eigenvalue weighted by Crippen LogP contribution is 2.26. The number of hydrogen-bond donors (Lipinski definition) is 4. The minimum atomic E-state index is -0.538. The number of carbonyl (C=O) groups excluding carboxylic acids is 1. The van der Waals surface area contributed by atoms with Gasteiger partial charge in [0.2, 0.25) is 5.95 Å². The molecule has 28 heavy (non-hydrogen) atoms. The van der Waals surface area contributed by atoms with Crippen molar-refractivity contribution in [2.75, 3.05) is 28.6 Å².